The van der Waals surface area contributed by atoms with Gasteiger partial charge in [0, 0.05) is 88.3 Å². The second kappa shape index (κ2) is 16.1. The van der Waals surface area contributed by atoms with Crippen LogP contribution in [0.5, 0.6) is 0 Å². The number of para-hydroxylation sites is 4. The molecule has 4 nitrogen and oxygen atoms in total. The molecule has 0 aliphatic carbocycles. The van der Waals surface area contributed by atoms with Crippen molar-refractivity contribution in [2.75, 3.05) is 9.80 Å². The fraction of sp³-hybridized carbons (Fsp3) is 0.0571. The zero-order valence-electron chi connectivity index (χ0n) is 41.7. The minimum Gasteiger partial charge on any atom is -0.310 e. The van der Waals surface area contributed by atoms with Crippen LogP contribution in [0.2, 0.25) is 0 Å². The van der Waals surface area contributed by atoms with E-state index in [1.165, 1.54) is 121 Å². The van der Waals surface area contributed by atoms with Crippen LogP contribution in [0.3, 0.4) is 0 Å². The number of hydrogen-bond acceptors (Lipinski definition) is 2. The van der Waals surface area contributed by atoms with E-state index >= 15 is 0 Å². The molecule has 15 aromatic rings. The van der Waals surface area contributed by atoms with Crippen molar-refractivity contribution in [2.45, 2.75) is 27.7 Å². The number of benzene rings is 11. The van der Waals surface area contributed by atoms with Gasteiger partial charge in [0.25, 0.3) is 0 Å². The Balaban J connectivity index is 1.12. The van der Waals surface area contributed by atoms with Crippen molar-refractivity contribution < 1.29 is 0 Å². The van der Waals surface area contributed by atoms with Gasteiger partial charge in [0.1, 0.15) is 0 Å². The summed E-state index contributed by atoms with van der Waals surface area (Å²) in [5, 5.41) is 10.00. The Morgan fingerprint density at radius 1 is 0.257 bits per heavy atom. The maximum Gasteiger partial charge on any atom is 0.0634 e. The normalized spacial score (nSPS) is 12.1. The molecule has 0 bridgehead atoms. The van der Waals surface area contributed by atoms with Crippen molar-refractivity contribution in [3.8, 4) is 22.3 Å². The molecule has 350 valence electrons. The maximum atomic E-state index is 2.63. The summed E-state index contributed by atoms with van der Waals surface area (Å²) in [7, 11) is 0. The third kappa shape index (κ3) is 6.03. The van der Waals surface area contributed by atoms with Crippen LogP contribution in [-0.4, -0.2) is 8.80 Å². The lowest BCUT2D eigenvalue weighted by Crippen LogP contribution is -2.10. The third-order valence-corrected chi connectivity index (χ3v) is 16.1. The Morgan fingerprint density at radius 3 is 1.00 bits per heavy atom. The van der Waals surface area contributed by atoms with E-state index in [1.807, 2.05) is 0 Å². The Kier molecular flexibility index (Phi) is 9.19. The number of fused-ring (bicyclic) bond motifs is 12. The molecule has 11 aromatic carbocycles. The molecule has 4 heteroatoms. The van der Waals surface area contributed by atoms with Crippen molar-refractivity contribution >= 4 is 110 Å². The first-order valence-corrected chi connectivity index (χ1v) is 25.8. The smallest absolute Gasteiger partial charge is 0.0634 e. The van der Waals surface area contributed by atoms with E-state index in [2.05, 4.69) is 277 Å². The van der Waals surface area contributed by atoms with Gasteiger partial charge in [-0.25, -0.2) is 0 Å². The minimum absolute atomic E-state index is 1.11. The van der Waals surface area contributed by atoms with E-state index in [0.717, 1.165) is 34.1 Å². The standard InChI is InChI=1S/C70H50N4/c1-43-31-33-51(39-45(43)3)71(49-23-13-7-14-24-49)53-35-37-55-57-27-17-29-59-65-64(48-21-11-6-12-22-48)70-66(63(47-19-9-5-10-20-47)69(65)73(67(57)59)61(55)41-53)60-30-18-28-58-56-38-36-54(42-62(56)74(70)68(58)60)72(50-25-15-8-16-26-50)52-34-32-44(2)46(4)40-52/h5-42H,1-4H3. The van der Waals surface area contributed by atoms with Gasteiger partial charge in [-0.1, -0.05) is 158 Å². The van der Waals surface area contributed by atoms with Crippen LogP contribution in [0, 0.1) is 27.7 Å². The van der Waals surface area contributed by atoms with E-state index in [9.17, 15) is 0 Å². The quantitative estimate of drug-likeness (QED) is 0.151. The second-order valence-electron chi connectivity index (χ2n) is 20.3. The van der Waals surface area contributed by atoms with Crippen LogP contribution in [-0.2, 0) is 0 Å². The molecule has 4 heterocycles. The van der Waals surface area contributed by atoms with Gasteiger partial charge in [-0.2, -0.15) is 0 Å². The first-order valence-electron chi connectivity index (χ1n) is 25.8. The fourth-order valence-corrected chi connectivity index (χ4v) is 12.5. The first kappa shape index (κ1) is 42.3. The molecule has 0 fully saturated rings. The van der Waals surface area contributed by atoms with Crippen LogP contribution in [0.4, 0.5) is 34.1 Å². The van der Waals surface area contributed by atoms with Crippen LogP contribution >= 0.6 is 0 Å². The summed E-state index contributed by atoms with van der Waals surface area (Å²) in [5.41, 5.74) is 24.0. The highest BCUT2D eigenvalue weighted by atomic mass is 15.1. The van der Waals surface area contributed by atoms with Crippen molar-refractivity contribution in [1.29, 1.82) is 0 Å². The zero-order chi connectivity index (χ0) is 49.3. The molecule has 0 spiro atoms. The molecular formula is C70H50N4. The van der Waals surface area contributed by atoms with Crippen molar-refractivity contribution in [3.63, 3.8) is 0 Å². The van der Waals surface area contributed by atoms with E-state index in [-0.39, 0.29) is 0 Å². The lowest BCUT2D eigenvalue weighted by atomic mass is 9.89. The largest absolute Gasteiger partial charge is 0.310 e. The van der Waals surface area contributed by atoms with Gasteiger partial charge in [0.2, 0.25) is 0 Å². The average Bonchev–Trinajstić information content (AvgIpc) is 4.19. The molecule has 4 aromatic heterocycles. The molecule has 0 saturated heterocycles. The van der Waals surface area contributed by atoms with Crippen LogP contribution in [0.1, 0.15) is 22.3 Å². The minimum atomic E-state index is 1.11. The Hall–Kier alpha value is -9.38. The van der Waals surface area contributed by atoms with Crippen molar-refractivity contribution in [1.82, 2.24) is 8.80 Å². The summed E-state index contributed by atoms with van der Waals surface area (Å²) < 4.78 is 5.26. The number of aryl methyl sites for hydroxylation is 4. The van der Waals surface area contributed by atoms with Gasteiger partial charge in [0.05, 0.1) is 33.1 Å². The van der Waals surface area contributed by atoms with Gasteiger partial charge in [0.15, 0.2) is 0 Å². The van der Waals surface area contributed by atoms with Crippen LogP contribution < -0.4 is 9.80 Å². The monoisotopic (exact) mass is 946 g/mol. The number of nitrogens with zero attached hydrogens (tertiary/aromatic N) is 4. The molecular weight excluding hydrogens is 897 g/mol. The summed E-state index contributed by atoms with van der Waals surface area (Å²) in [6.45, 7) is 8.80. The Bertz CT molecular complexity index is 4380. The fourth-order valence-electron chi connectivity index (χ4n) is 12.5. The van der Waals surface area contributed by atoms with E-state index < -0.39 is 0 Å². The maximum absolute atomic E-state index is 2.63. The number of hydrogen-bond donors (Lipinski definition) is 0. The zero-order valence-corrected chi connectivity index (χ0v) is 41.7. The first-order chi connectivity index (χ1) is 36.4. The molecule has 0 amide bonds. The highest BCUT2D eigenvalue weighted by Gasteiger charge is 2.31. The lowest BCUT2D eigenvalue weighted by molar-refractivity contribution is 1.25. The SMILES string of the molecule is Cc1ccc(N(c2ccccc2)c2ccc3c4cccc5c6c(-c7ccccc7)c7c(c(-c8ccccc8)c6n(c3c2)c45)c2cccc3c4ccc(N(c5ccccc5)c5ccc(C)c(C)c5)cc4n7c32)cc1C. The summed E-state index contributed by atoms with van der Waals surface area (Å²) in [5.74, 6) is 0. The highest BCUT2D eigenvalue weighted by molar-refractivity contribution is 6.38. The van der Waals surface area contributed by atoms with Gasteiger partial charge in [-0.05, 0) is 134 Å². The molecule has 0 radical (unpaired) electrons. The van der Waals surface area contributed by atoms with E-state index in [0.29, 0.717) is 0 Å². The molecule has 0 unspecified atom stereocenters. The molecule has 15 rings (SSSR count). The number of anilines is 6. The average molecular weight is 947 g/mol. The van der Waals surface area contributed by atoms with Crippen LogP contribution in [0.15, 0.2) is 231 Å². The van der Waals surface area contributed by atoms with Crippen LogP contribution in [0.25, 0.3) is 98.4 Å². The summed E-state index contributed by atoms with van der Waals surface area (Å²) in [6, 6.07) is 85.8. The number of aromatic nitrogens is 2. The van der Waals surface area contributed by atoms with Gasteiger partial charge in [-0.3, -0.25) is 0 Å². The third-order valence-electron chi connectivity index (χ3n) is 16.1. The number of rotatable bonds is 8. The van der Waals surface area contributed by atoms with E-state index in [4.69, 9.17) is 0 Å². The second-order valence-corrected chi connectivity index (χ2v) is 20.3. The lowest BCUT2D eigenvalue weighted by Gasteiger charge is -2.26. The van der Waals surface area contributed by atoms with Gasteiger partial charge >= 0.3 is 0 Å². The predicted octanol–water partition coefficient (Wildman–Crippen LogP) is 19.5. The highest BCUT2D eigenvalue weighted by Crippen LogP contribution is 2.55. The summed E-state index contributed by atoms with van der Waals surface area (Å²) in [6.07, 6.45) is 0. The van der Waals surface area contributed by atoms with Crippen molar-refractivity contribution in [2.24, 2.45) is 0 Å². The molecule has 0 atom stereocenters. The molecule has 0 aliphatic rings. The van der Waals surface area contributed by atoms with Gasteiger partial charge in [-0.15, -0.1) is 0 Å². The van der Waals surface area contributed by atoms with Crippen molar-refractivity contribution in [3.05, 3.63) is 253 Å². The van der Waals surface area contributed by atoms with E-state index in [1.54, 1.807) is 0 Å². The summed E-state index contributed by atoms with van der Waals surface area (Å²) in [4.78, 5) is 4.83. The van der Waals surface area contributed by atoms with Gasteiger partial charge < -0.3 is 18.6 Å². The molecule has 0 aliphatic heterocycles. The Labute approximate surface area is 429 Å². The molecule has 0 N–H and O–H groups in total. The molecule has 0 saturated carbocycles. The summed E-state index contributed by atoms with van der Waals surface area (Å²) >= 11 is 0. The molecule has 74 heavy (non-hydrogen) atoms. The predicted molar refractivity (Wildman–Crippen MR) is 315 cm³/mol. The topological polar surface area (TPSA) is 15.3 Å². The Morgan fingerprint density at radius 2 is 0.608 bits per heavy atom.